The molecule has 0 N–H and O–H groups in total. The Kier molecular flexibility index (Phi) is 15.1. The maximum absolute atomic E-state index is 7.14. The van der Waals surface area contributed by atoms with E-state index in [0.29, 0.717) is 0 Å². The number of ether oxygens (including phenoxy) is 1. The average molecular weight is 475 g/mol. The van der Waals surface area contributed by atoms with Crippen LogP contribution < -0.4 is 0 Å². The summed E-state index contributed by atoms with van der Waals surface area (Å²) in [5.41, 5.74) is 2.61. The summed E-state index contributed by atoms with van der Waals surface area (Å²) < 4.78 is 7.14. The van der Waals surface area contributed by atoms with Crippen LogP contribution in [0.4, 0.5) is 0 Å². The fraction of sp³-hybridized carbons (Fsp3) is 0.529. The van der Waals surface area contributed by atoms with E-state index in [4.69, 9.17) is 4.74 Å². The fourth-order valence-electron chi connectivity index (χ4n) is 5.14. The van der Waals surface area contributed by atoms with Crippen molar-refractivity contribution in [3.63, 3.8) is 0 Å². The standard InChI is InChI=1S/C34H50O/c1-5-9-11-13-21-27-33(31(7-3)29-23-17-15-18-24-29)35-34(28-22-14-12-10-6-2)32(8-4)30-25-19-16-20-26-30/h7-8,15-20,23-26,31-34H,3-6,9-14,21-22,27-28H2,1-2H3. The summed E-state index contributed by atoms with van der Waals surface area (Å²) in [6, 6.07) is 21.6. The fourth-order valence-corrected chi connectivity index (χ4v) is 5.14. The molecule has 0 heterocycles. The summed E-state index contributed by atoms with van der Waals surface area (Å²) in [6.45, 7) is 13.0. The van der Waals surface area contributed by atoms with Crippen LogP contribution in [-0.2, 0) is 4.74 Å². The van der Waals surface area contributed by atoms with E-state index in [1.807, 2.05) is 0 Å². The molecule has 0 amide bonds. The van der Waals surface area contributed by atoms with Gasteiger partial charge in [-0.25, -0.2) is 0 Å². The zero-order valence-corrected chi connectivity index (χ0v) is 22.5. The highest BCUT2D eigenvalue weighted by molar-refractivity contribution is 5.26. The molecule has 1 heteroatoms. The maximum Gasteiger partial charge on any atom is 0.0682 e. The lowest BCUT2D eigenvalue weighted by atomic mass is 9.87. The molecule has 0 spiro atoms. The molecule has 0 bridgehead atoms. The van der Waals surface area contributed by atoms with E-state index in [-0.39, 0.29) is 24.0 Å². The summed E-state index contributed by atoms with van der Waals surface area (Å²) >= 11 is 0. The monoisotopic (exact) mass is 474 g/mol. The topological polar surface area (TPSA) is 9.23 Å². The van der Waals surface area contributed by atoms with Crippen LogP contribution in [0.5, 0.6) is 0 Å². The summed E-state index contributed by atoms with van der Waals surface area (Å²) in [4.78, 5) is 0. The Morgan fingerprint density at radius 3 is 1.29 bits per heavy atom. The van der Waals surface area contributed by atoms with Gasteiger partial charge in [0, 0.05) is 11.8 Å². The largest absolute Gasteiger partial charge is 0.373 e. The Morgan fingerprint density at radius 1 is 0.571 bits per heavy atom. The van der Waals surface area contributed by atoms with Gasteiger partial charge in [0.2, 0.25) is 0 Å². The third-order valence-electron chi connectivity index (χ3n) is 7.21. The van der Waals surface area contributed by atoms with Crippen LogP contribution in [-0.4, -0.2) is 12.2 Å². The van der Waals surface area contributed by atoms with Crippen molar-refractivity contribution >= 4 is 0 Å². The molecule has 0 aliphatic carbocycles. The number of hydrogen-bond donors (Lipinski definition) is 0. The Hall–Kier alpha value is -2.12. The minimum Gasteiger partial charge on any atom is -0.373 e. The van der Waals surface area contributed by atoms with Crippen molar-refractivity contribution in [2.45, 2.75) is 115 Å². The first kappa shape index (κ1) is 29.1. The van der Waals surface area contributed by atoms with Crippen molar-refractivity contribution in [2.24, 2.45) is 0 Å². The van der Waals surface area contributed by atoms with E-state index < -0.39 is 0 Å². The normalized spacial score (nSPS) is 14.7. The van der Waals surface area contributed by atoms with E-state index in [1.165, 1.54) is 75.3 Å². The molecule has 0 saturated carbocycles. The average Bonchev–Trinajstić information content (AvgIpc) is 2.90. The zero-order valence-electron chi connectivity index (χ0n) is 22.5. The molecule has 192 valence electrons. The smallest absolute Gasteiger partial charge is 0.0682 e. The second-order valence-electron chi connectivity index (χ2n) is 9.96. The molecule has 0 aliphatic heterocycles. The molecule has 0 aromatic heterocycles. The Balaban J connectivity index is 2.24. The summed E-state index contributed by atoms with van der Waals surface area (Å²) in [6.07, 6.45) is 19.4. The highest BCUT2D eigenvalue weighted by Crippen LogP contribution is 2.34. The summed E-state index contributed by atoms with van der Waals surface area (Å²) in [7, 11) is 0. The summed E-state index contributed by atoms with van der Waals surface area (Å²) in [5.74, 6) is 0.400. The van der Waals surface area contributed by atoms with E-state index in [2.05, 4.69) is 99.8 Å². The van der Waals surface area contributed by atoms with Crippen LogP contribution in [0, 0.1) is 0 Å². The molecule has 4 unspecified atom stereocenters. The van der Waals surface area contributed by atoms with Crippen molar-refractivity contribution < 1.29 is 4.74 Å². The van der Waals surface area contributed by atoms with Crippen LogP contribution in [0.2, 0.25) is 0 Å². The van der Waals surface area contributed by atoms with Gasteiger partial charge in [-0.05, 0) is 24.0 Å². The van der Waals surface area contributed by atoms with E-state index in [0.717, 1.165) is 12.8 Å². The van der Waals surface area contributed by atoms with E-state index in [9.17, 15) is 0 Å². The number of rotatable bonds is 20. The van der Waals surface area contributed by atoms with Gasteiger partial charge in [0.1, 0.15) is 0 Å². The molecule has 0 aliphatic rings. The van der Waals surface area contributed by atoms with Gasteiger partial charge in [-0.1, -0.05) is 151 Å². The maximum atomic E-state index is 7.14. The van der Waals surface area contributed by atoms with E-state index >= 15 is 0 Å². The number of hydrogen-bond acceptors (Lipinski definition) is 1. The molecule has 35 heavy (non-hydrogen) atoms. The third kappa shape index (κ3) is 10.6. The van der Waals surface area contributed by atoms with Gasteiger partial charge >= 0.3 is 0 Å². The van der Waals surface area contributed by atoms with Crippen LogP contribution in [0.25, 0.3) is 0 Å². The summed E-state index contributed by atoms with van der Waals surface area (Å²) in [5, 5.41) is 0. The molecule has 2 aromatic rings. The minimum atomic E-state index is 0.128. The Bertz CT molecular complexity index is 713. The van der Waals surface area contributed by atoms with Crippen LogP contribution in [0.3, 0.4) is 0 Å². The van der Waals surface area contributed by atoms with Crippen LogP contribution >= 0.6 is 0 Å². The molecule has 2 rings (SSSR count). The molecular formula is C34H50O. The first-order chi connectivity index (χ1) is 17.2. The van der Waals surface area contributed by atoms with Crippen LogP contribution in [0.1, 0.15) is 114 Å². The highest BCUT2D eigenvalue weighted by Gasteiger charge is 2.28. The molecule has 0 saturated heterocycles. The molecule has 0 radical (unpaired) electrons. The second-order valence-corrected chi connectivity index (χ2v) is 9.96. The third-order valence-corrected chi connectivity index (χ3v) is 7.21. The van der Waals surface area contributed by atoms with Crippen LogP contribution in [0.15, 0.2) is 86.0 Å². The molecule has 1 nitrogen and oxygen atoms in total. The lowest BCUT2D eigenvalue weighted by Crippen LogP contribution is -2.31. The molecular weight excluding hydrogens is 424 g/mol. The Morgan fingerprint density at radius 2 is 0.943 bits per heavy atom. The molecule has 0 fully saturated rings. The lowest BCUT2D eigenvalue weighted by Gasteiger charge is -2.33. The predicted molar refractivity (Wildman–Crippen MR) is 154 cm³/mol. The lowest BCUT2D eigenvalue weighted by molar-refractivity contribution is -0.0360. The second kappa shape index (κ2) is 18.2. The van der Waals surface area contributed by atoms with Gasteiger partial charge in [0.25, 0.3) is 0 Å². The van der Waals surface area contributed by atoms with Crippen molar-refractivity contribution in [3.05, 3.63) is 97.1 Å². The van der Waals surface area contributed by atoms with Gasteiger partial charge in [0.15, 0.2) is 0 Å². The van der Waals surface area contributed by atoms with Gasteiger partial charge in [-0.15, -0.1) is 13.2 Å². The first-order valence-electron chi connectivity index (χ1n) is 14.3. The number of benzene rings is 2. The first-order valence-corrected chi connectivity index (χ1v) is 14.3. The van der Waals surface area contributed by atoms with Gasteiger partial charge < -0.3 is 4.74 Å². The molecule has 4 atom stereocenters. The minimum absolute atomic E-state index is 0.128. The van der Waals surface area contributed by atoms with Crippen molar-refractivity contribution in [2.75, 3.05) is 0 Å². The number of unbranched alkanes of at least 4 members (excludes halogenated alkanes) is 8. The molecule has 2 aromatic carbocycles. The van der Waals surface area contributed by atoms with Crippen molar-refractivity contribution in [1.29, 1.82) is 0 Å². The van der Waals surface area contributed by atoms with E-state index in [1.54, 1.807) is 0 Å². The SMILES string of the molecule is C=CC(c1ccccc1)C(CCCCCCC)OC(CCCCCCC)C(C=C)c1ccccc1. The van der Waals surface area contributed by atoms with Gasteiger partial charge in [-0.2, -0.15) is 0 Å². The Labute approximate surface area is 216 Å². The van der Waals surface area contributed by atoms with Gasteiger partial charge in [-0.3, -0.25) is 0 Å². The highest BCUT2D eigenvalue weighted by atomic mass is 16.5. The van der Waals surface area contributed by atoms with Crippen molar-refractivity contribution in [1.82, 2.24) is 0 Å². The zero-order chi connectivity index (χ0) is 25.1. The van der Waals surface area contributed by atoms with Gasteiger partial charge in [0.05, 0.1) is 12.2 Å². The quantitative estimate of drug-likeness (QED) is 0.137. The predicted octanol–water partition coefficient (Wildman–Crippen LogP) is 10.4. The van der Waals surface area contributed by atoms with Crippen molar-refractivity contribution in [3.8, 4) is 0 Å².